The van der Waals surface area contributed by atoms with Gasteiger partial charge in [-0.1, -0.05) is 69.3 Å². The van der Waals surface area contributed by atoms with Crippen molar-refractivity contribution in [3.8, 4) is 0 Å². The fraction of sp³-hybridized carbons (Fsp3) is 0.421. The van der Waals surface area contributed by atoms with Crippen molar-refractivity contribution in [1.29, 1.82) is 0 Å². The molecule has 0 aliphatic rings. The molecule has 4 heteroatoms. The zero-order chi connectivity index (χ0) is 17.8. The summed E-state index contributed by atoms with van der Waals surface area (Å²) in [7, 11) is -3.24. The highest BCUT2D eigenvalue weighted by molar-refractivity contribution is 6.87. The molecule has 0 radical (unpaired) electrons. The Morgan fingerprint density at radius 2 is 1.48 bits per heavy atom. The van der Waals surface area contributed by atoms with Crippen molar-refractivity contribution in [1.82, 2.24) is 0 Å². The number of rotatable bonds is 5. The Bertz CT molecular complexity index is 676. The van der Waals surface area contributed by atoms with Crippen molar-refractivity contribution < 1.29 is 4.79 Å². The third-order valence-electron chi connectivity index (χ3n) is 3.68. The normalized spacial score (nSPS) is 11.5. The number of halogens is 1. The van der Waals surface area contributed by atoms with Crippen LogP contribution in [-0.2, 0) is 0 Å². The Balaban J connectivity index is 3.53. The van der Waals surface area contributed by atoms with Crippen LogP contribution in [0.5, 0.6) is 0 Å². The molecule has 1 aromatic rings. The van der Waals surface area contributed by atoms with E-state index in [1.54, 1.807) is 24.3 Å². The summed E-state index contributed by atoms with van der Waals surface area (Å²) in [6, 6.07) is 7.09. The van der Waals surface area contributed by atoms with Crippen LogP contribution in [0.4, 0.5) is 0 Å². The Labute approximate surface area is 147 Å². The van der Waals surface area contributed by atoms with Gasteiger partial charge in [-0.05, 0) is 35.9 Å². The molecule has 0 saturated carbocycles. The summed E-state index contributed by atoms with van der Waals surface area (Å²) in [6.45, 7) is 15.6. The van der Waals surface area contributed by atoms with E-state index >= 15 is 0 Å². The summed E-state index contributed by atoms with van der Waals surface area (Å²) < 4.78 is 0. The van der Waals surface area contributed by atoms with Crippen LogP contribution in [0.25, 0.3) is 0 Å². The lowest BCUT2D eigenvalue weighted by Crippen LogP contribution is -2.29. The second-order valence-electron chi connectivity index (χ2n) is 7.79. The quantitative estimate of drug-likeness (QED) is 0.260. The van der Waals surface area contributed by atoms with Crippen molar-refractivity contribution in [3.05, 3.63) is 56.7 Å². The van der Waals surface area contributed by atoms with Gasteiger partial charge in [0, 0.05) is 15.8 Å². The first kappa shape index (κ1) is 20.0. The number of hydrogen-bond acceptors (Lipinski definition) is 1. The molecule has 1 rings (SSSR count). The number of carbonyl (C=O) groups excluding carboxylic acids is 1. The molecule has 0 unspecified atom stereocenters. The van der Waals surface area contributed by atoms with Crippen LogP contribution >= 0.6 is 11.6 Å². The lowest BCUT2D eigenvalue weighted by Gasteiger charge is -2.18. The summed E-state index contributed by atoms with van der Waals surface area (Å²) in [4.78, 5) is 12.9. The molecule has 1 aromatic carbocycles. The summed E-state index contributed by atoms with van der Waals surface area (Å²) in [5.41, 5.74) is 7.30. The highest BCUT2D eigenvalue weighted by atomic mass is 35.5. The van der Waals surface area contributed by atoms with Crippen molar-refractivity contribution in [2.45, 2.75) is 52.6 Å². The lowest BCUT2D eigenvalue weighted by atomic mass is 10.1. The van der Waals surface area contributed by atoms with E-state index in [-0.39, 0.29) is 5.78 Å². The molecule has 0 N–H and O–H groups in total. The van der Waals surface area contributed by atoms with E-state index in [0.29, 0.717) is 10.6 Å². The van der Waals surface area contributed by atoms with E-state index in [2.05, 4.69) is 57.7 Å². The van der Waals surface area contributed by atoms with Gasteiger partial charge in [-0.2, -0.15) is 0 Å². The zero-order valence-corrected chi connectivity index (χ0v) is 18.1. The van der Waals surface area contributed by atoms with Crippen molar-refractivity contribution >= 4 is 33.5 Å². The number of hydrogen-bond donors (Lipinski definition) is 0. The van der Waals surface area contributed by atoms with E-state index in [1.807, 2.05) is 0 Å². The molecular weight excluding hydrogens is 336 g/mol. The maximum Gasteiger partial charge on any atom is 0.193 e. The largest absolute Gasteiger partial charge is 0.289 e. The minimum Gasteiger partial charge on any atom is -0.289 e. The third kappa shape index (κ3) is 5.80. The third-order valence-corrected chi connectivity index (χ3v) is 8.07. The molecule has 124 valence electrons. The van der Waals surface area contributed by atoms with E-state index in [1.165, 1.54) is 5.20 Å². The standard InChI is InChI=1S/C19H27ClOSi2/c1-8-17(22(2,3)4)13-14-18(23(5,6)7)19(21)15-9-11-16(20)12-10-15/h9-12H,8H2,1-7H3. The Morgan fingerprint density at radius 1 is 0.957 bits per heavy atom. The Kier molecular flexibility index (Phi) is 6.64. The zero-order valence-electron chi connectivity index (χ0n) is 15.3. The van der Waals surface area contributed by atoms with Crippen molar-refractivity contribution in [2.75, 3.05) is 0 Å². The van der Waals surface area contributed by atoms with Crippen LogP contribution in [0.3, 0.4) is 0 Å². The van der Waals surface area contributed by atoms with Crippen LogP contribution in [0, 0.1) is 0 Å². The molecule has 0 aliphatic carbocycles. The van der Waals surface area contributed by atoms with Gasteiger partial charge >= 0.3 is 0 Å². The molecular formula is C19H27ClOSi2. The average Bonchev–Trinajstić information content (AvgIpc) is 2.41. The summed E-state index contributed by atoms with van der Waals surface area (Å²) in [6.07, 6.45) is 0.969. The second kappa shape index (κ2) is 7.66. The molecule has 0 amide bonds. The van der Waals surface area contributed by atoms with Crippen LogP contribution in [0.15, 0.2) is 46.1 Å². The SMILES string of the molecule is CCC(=C=C=C(C(=O)c1ccc(Cl)cc1)[Si](C)(C)C)[Si](C)(C)C. The predicted octanol–water partition coefficient (Wildman–Crippen LogP) is 6.29. The maximum absolute atomic E-state index is 12.9. The van der Waals surface area contributed by atoms with Crippen LogP contribution in [0.1, 0.15) is 23.7 Å². The van der Waals surface area contributed by atoms with Crippen molar-refractivity contribution in [2.24, 2.45) is 0 Å². The monoisotopic (exact) mass is 362 g/mol. The van der Waals surface area contributed by atoms with Gasteiger partial charge < -0.3 is 0 Å². The predicted molar refractivity (Wildman–Crippen MR) is 107 cm³/mol. The first-order valence-corrected chi connectivity index (χ1v) is 15.4. The number of ketones is 1. The number of allylic oxidation sites excluding steroid dienone is 2. The van der Waals surface area contributed by atoms with Crippen molar-refractivity contribution in [3.63, 3.8) is 0 Å². The van der Waals surface area contributed by atoms with Gasteiger partial charge in [0.1, 0.15) is 0 Å². The maximum atomic E-state index is 12.9. The summed E-state index contributed by atoms with van der Waals surface area (Å²) >= 11 is 5.92. The molecule has 1 nitrogen and oxygen atoms in total. The first-order valence-electron chi connectivity index (χ1n) is 8.03. The van der Waals surface area contributed by atoms with E-state index in [9.17, 15) is 4.79 Å². The molecule has 0 fully saturated rings. The summed E-state index contributed by atoms with van der Waals surface area (Å²) in [5, 5.41) is 2.75. The highest BCUT2D eigenvalue weighted by Crippen LogP contribution is 2.21. The fourth-order valence-electron chi connectivity index (χ4n) is 2.27. The van der Waals surface area contributed by atoms with Crippen LogP contribution < -0.4 is 0 Å². The number of Topliss-reactive ketones (excluding diaryl/α,β-unsaturated/α-hetero) is 1. The molecule has 0 spiro atoms. The van der Waals surface area contributed by atoms with Gasteiger partial charge in [0.2, 0.25) is 0 Å². The molecule has 0 aromatic heterocycles. The number of carbonyl (C=O) groups is 1. The highest BCUT2D eigenvalue weighted by Gasteiger charge is 2.27. The van der Waals surface area contributed by atoms with Gasteiger partial charge in [0.05, 0.1) is 16.1 Å². The van der Waals surface area contributed by atoms with E-state index < -0.39 is 16.1 Å². The van der Waals surface area contributed by atoms with Gasteiger partial charge in [0.15, 0.2) is 5.78 Å². The molecule has 0 atom stereocenters. The van der Waals surface area contributed by atoms with Gasteiger partial charge in [0.25, 0.3) is 0 Å². The first-order chi connectivity index (χ1) is 10.5. The average molecular weight is 363 g/mol. The minimum atomic E-state index is -1.82. The topological polar surface area (TPSA) is 17.1 Å². The second-order valence-corrected chi connectivity index (χ2v) is 18.3. The smallest absolute Gasteiger partial charge is 0.193 e. The molecule has 0 heterocycles. The molecule has 0 aliphatic heterocycles. The Morgan fingerprint density at radius 3 is 1.87 bits per heavy atom. The minimum absolute atomic E-state index is 0.0550. The molecule has 23 heavy (non-hydrogen) atoms. The van der Waals surface area contributed by atoms with Crippen LogP contribution in [-0.4, -0.2) is 21.9 Å². The molecule has 0 bridgehead atoms. The van der Waals surface area contributed by atoms with Gasteiger partial charge in [-0.3, -0.25) is 4.79 Å². The van der Waals surface area contributed by atoms with Gasteiger partial charge in [-0.25, -0.2) is 0 Å². The lowest BCUT2D eigenvalue weighted by molar-refractivity contribution is 0.104. The van der Waals surface area contributed by atoms with Gasteiger partial charge in [-0.15, -0.1) is 0 Å². The van der Waals surface area contributed by atoms with E-state index in [4.69, 9.17) is 11.6 Å². The van der Waals surface area contributed by atoms with Crippen LogP contribution in [0.2, 0.25) is 44.3 Å². The molecule has 0 saturated heterocycles. The number of benzene rings is 1. The summed E-state index contributed by atoms with van der Waals surface area (Å²) in [5.74, 6) is 0.0550. The fourth-order valence-corrected chi connectivity index (χ4v) is 5.16. The Hall–Kier alpha value is -1.09. The van der Waals surface area contributed by atoms with E-state index in [0.717, 1.165) is 11.6 Å².